The largest absolute Gasteiger partial charge is 0.457 e. The fourth-order valence-electron chi connectivity index (χ4n) is 2.01. The lowest BCUT2D eigenvalue weighted by molar-refractivity contribution is 0.0701. The van der Waals surface area contributed by atoms with Crippen LogP contribution in [0.1, 0.15) is 5.69 Å². The molecule has 0 unspecified atom stereocenters. The van der Waals surface area contributed by atoms with Crippen molar-refractivity contribution in [3.05, 3.63) is 30.0 Å². The van der Waals surface area contributed by atoms with Crippen LogP contribution in [0.25, 0.3) is 0 Å². The maximum atomic E-state index is 13.7. The topological polar surface area (TPSA) is 77.7 Å². The second kappa shape index (κ2) is 7.14. The van der Waals surface area contributed by atoms with Gasteiger partial charge in [0.25, 0.3) is 0 Å². The Labute approximate surface area is 132 Å². The van der Waals surface area contributed by atoms with Crippen LogP contribution in [-0.4, -0.2) is 57.3 Å². The summed E-state index contributed by atoms with van der Waals surface area (Å²) >= 11 is 0. The van der Waals surface area contributed by atoms with E-state index in [4.69, 9.17) is 9.47 Å². The average molecular weight is 320 g/mol. The molecule has 0 bridgehead atoms. The summed E-state index contributed by atoms with van der Waals surface area (Å²) in [6, 6.07) is 1.88. The van der Waals surface area contributed by atoms with Crippen molar-refractivity contribution in [2.45, 2.75) is 6.61 Å². The number of hydrogen-bond donors (Lipinski definition) is 0. The highest BCUT2D eigenvalue weighted by molar-refractivity contribution is 5.60. The van der Waals surface area contributed by atoms with Crippen molar-refractivity contribution in [3.8, 4) is 6.01 Å². The van der Waals surface area contributed by atoms with E-state index < -0.39 is 5.82 Å². The third-order valence-corrected chi connectivity index (χ3v) is 3.21. The Morgan fingerprint density at radius 2 is 2.26 bits per heavy atom. The van der Waals surface area contributed by atoms with Crippen LogP contribution in [0.3, 0.4) is 0 Å². The number of nitrogens with zero attached hydrogens (tertiary/aromatic N) is 6. The molecule has 3 heterocycles. The standard InChI is InChI=1S/C14H17FN6O2/c1-20-3-2-11(19-20)9-23-14-16-8-12(15)13(18-14)17-10-21-4-6-22-7-5-21/h2-3,8,10H,4-7,9H2,1H3/b17-10+. The second-order valence-electron chi connectivity index (χ2n) is 4.99. The first-order valence-electron chi connectivity index (χ1n) is 7.20. The van der Waals surface area contributed by atoms with Gasteiger partial charge in [0, 0.05) is 26.3 Å². The van der Waals surface area contributed by atoms with Crippen LogP contribution in [0.2, 0.25) is 0 Å². The van der Waals surface area contributed by atoms with Crippen LogP contribution in [0.5, 0.6) is 6.01 Å². The minimum absolute atomic E-state index is 0.0532. The van der Waals surface area contributed by atoms with Crippen molar-refractivity contribution in [2.75, 3.05) is 26.3 Å². The Morgan fingerprint density at radius 3 is 3.00 bits per heavy atom. The van der Waals surface area contributed by atoms with E-state index in [9.17, 15) is 4.39 Å². The third-order valence-electron chi connectivity index (χ3n) is 3.21. The summed E-state index contributed by atoms with van der Waals surface area (Å²) in [5.74, 6) is -0.651. The van der Waals surface area contributed by atoms with Crippen molar-refractivity contribution < 1.29 is 13.9 Å². The summed E-state index contributed by atoms with van der Waals surface area (Å²) in [7, 11) is 1.82. The maximum Gasteiger partial charge on any atom is 0.318 e. The molecule has 2 aromatic rings. The molecule has 0 radical (unpaired) electrons. The molecular weight excluding hydrogens is 303 g/mol. The predicted octanol–water partition coefficient (Wildman–Crippen LogP) is 0.920. The molecule has 3 rings (SSSR count). The van der Waals surface area contributed by atoms with Crippen molar-refractivity contribution in [2.24, 2.45) is 12.0 Å². The molecule has 122 valence electrons. The Bertz CT molecular complexity index is 684. The van der Waals surface area contributed by atoms with Gasteiger partial charge in [-0.2, -0.15) is 10.1 Å². The van der Waals surface area contributed by atoms with E-state index in [-0.39, 0.29) is 18.4 Å². The molecule has 2 aromatic heterocycles. The highest BCUT2D eigenvalue weighted by Crippen LogP contribution is 2.17. The highest BCUT2D eigenvalue weighted by Gasteiger charge is 2.10. The Morgan fingerprint density at radius 1 is 1.43 bits per heavy atom. The van der Waals surface area contributed by atoms with Crippen LogP contribution in [0.4, 0.5) is 10.2 Å². The molecule has 1 saturated heterocycles. The molecule has 0 aliphatic carbocycles. The molecule has 8 nitrogen and oxygen atoms in total. The van der Waals surface area contributed by atoms with Crippen molar-refractivity contribution in [3.63, 3.8) is 0 Å². The number of rotatable bonds is 5. The second-order valence-corrected chi connectivity index (χ2v) is 4.99. The van der Waals surface area contributed by atoms with Crippen molar-refractivity contribution >= 4 is 12.2 Å². The van der Waals surface area contributed by atoms with Gasteiger partial charge >= 0.3 is 6.01 Å². The van der Waals surface area contributed by atoms with E-state index in [1.165, 1.54) is 0 Å². The molecule has 1 fully saturated rings. The monoisotopic (exact) mass is 320 g/mol. The fraction of sp³-hybridized carbons (Fsp3) is 0.429. The van der Waals surface area contributed by atoms with Crippen molar-refractivity contribution in [1.29, 1.82) is 0 Å². The van der Waals surface area contributed by atoms with E-state index in [2.05, 4.69) is 20.1 Å². The molecule has 1 aliphatic rings. The minimum atomic E-state index is -0.598. The summed E-state index contributed by atoms with van der Waals surface area (Å²) < 4.78 is 26.1. The lowest BCUT2D eigenvalue weighted by atomic mass is 10.5. The quantitative estimate of drug-likeness (QED) is 0.602. The number of halogens is 1. The lowest BCUT2D eigenvalue weighted by Gasteiger charge is -2.23. The first-order chi connectivity index (χ1) is 11.2. The van der Waals surface area contributed by atoms with Crippen LogP contribution in [-0.2, 0) is 18.4 Å². The first-order valence-corrected chi connectivity index (χ1v) is 7.20. The van der Waals surface area contributed by atoms with Gasteiger partial charge in [0.05, 0.1) is 31.4 Å². The Kier molecular flexibility index (Phi) is 4.77. The summed E-state index contributed by atoms with van der Waals surface area (Å²) in [6.07, 6.45) is 4.42. The van der Waals surface area contributed by atoms with E-state index in [0.717, 1.165) is 25.0 Å². The zero-order valence-electron chi connectivity index (χ0n) is 12.7. The van der Waals surface area contributed by atoms with Gasteiger partial charge in [0.15, 0.2) is 11.6 Å². The number of aromatic nitrogens is 4. The van der Waals surface area contributed by atoms with Gasteiger partial charge in [-0.1, -0.05) is 0 Å². The van der Waals surface area contributed by atoms with Gasteiger partial charge in [-0.3, -0.25) is 4.68 Å². The van der Waals surface area contributed by atoms with Gasteiger partial charge in [-0.15, -0.1) is 0 Å². The molecule has 1 aliphatic heterocycles. The molecule has 0 N–H and O–H groups in total. The zero-order chi connectivity index (χ0) is 16.1. The summed E-state index contributed by atoms with van der Waals surface area (Å²) in [6.45, 7) is 2.92. The number of aryl methyl sites for hydroxylation is 1. The molecule has 0 saturated carbocycles. The van der Waals surface area contributed by atoms with Crippen molar-refractivity contribution in [1.82, 2.24) is 24.6 Å². The molecule has 0 amide bonds. The minimum Gasteiger partial charge on any atom is -0.457 e. The first kappa shape index (κ1) is 15.3. The van der Waals surface area contributed by atoms with Gasteiger partial charge in [-0.25, -0.2) is 14.4 Å². The van der Waals surface area contributed by atoms with E-state index in [0.29, 0.717) is 13.2 Å². The fourth-order valence-corrected chi connectivity index (χ4v) is 2.01. The van der Waals surface area contributed by atoms with Crippen LogP contribution >= 0.6 is 0 Å². The summed E-state index contributed by atoms with van der Waals surface area (Å²) in [5, 5.41) is 4.18. The molecular formula is C14H17FN6O2. The van der Waals surface area contributed by atoms with Crippen LogP contribution in [0.15, 0.2) is 23.5 Å². The molecule has 9 heteroatoms. The number of morpholine rings is 1. The lowest BCUT2D eigenvalue weighted by Crippen LogP contribution is -2.35. The number of hydrogen-bond acceptors (Lipinski definition) is 6. The third kappa shape index (κ3) is 4.22. The van der Waals surface area contributed by atoms with E-state index >= 15 is 0 Å². The van der Waals surface area contributed by atoms with Gasteiger partial charge in [-0.05, 0) is 6.07 Å². The molecule has 0 atom stereocenters. The van der Waals surface area contributed by atoms with E-state index in [1.807, 2.05) is 24.2 Å². The maximum absolute atomic E-state index is 13.7. The Hall–Kier alpha value is -2.55. The SMILES string of the molecule is Cn1ccc(COc2ncc(F)c(/N=C/N3CCOCC3)n2)n1. The van der Waals surface area contributed by atoms with E-state index in [1.54, 1.807) is 11.0 Å². The highest BCUT2D eigenvalue weighted by atomic mass is 19.1. The number of ether oxygens (including phenoxy) is 2. The van der Waals surface area contributed by atoms with Crippen LogP contribution in [0, 0.1) is 5.82 Å². The van der Waals surface area contributed by atoms with Crippen LogP contribution < -0.4 is 4.74 Å². The number of aliphatic imine (C=N–C) groups is 1. The Balaban J connectivity index is 1.64. The van der Waals surface area contributed by atoms with Gasteiger partial charge < -0.3 is 14.4 Å². The summed E-state index contributed by atoms with van der Waals surface area (Å²) in [5.41, 5.74) is 0.735. The zero-order valence-corrected chi connectivity index (χ0v) is 12.7. The smallest absolute Gasteiger partial charge is 0.318 e. The molecule has 23 heavy (non-hydrogen) atoms. The molecule has 0 spiro atoms. The van der Waals surface area contributed by atoms with Gasteiger partial charge in [0.2, 0.25) is 0 Å². The molecule has 0 aromatic carbocycles. The van der Waals surface area contributed by atoms with Gasteiger partial charge in [0.1, 0.15) is 6.61 Å². The normalized spacial score (nSPS) is 15.3. The summed E-state index contributed by atoms with van der Waals surface area (Å²) in [4.78, 5) is 13.8. The average Bonchev–Trinajstić information content (AvgIpc) is 2.99. The predicted molar refractivity (Wildman–Crippen MR) is 80.1 cm³/mol.